The van der Waals surface area contributed by atoms with Gasteiger partial charge in [-0.1, -0.05) is 25.0 Å². The van der Waals surface area contributed by atoms with Crippen molar-refractivity contribution in [3.8, 4) is 0 Å². The molecule has 0 spiro atoms. The maximum absolute atomic E-state index is 13.0. The molecule has 8 heteroatoms. The van der Waals surface area contributed by atoms with E-state index in [-0.39, 0.29) is 12.0 Å². The van der Waals surface area contributed by atoms with Crippen LogP contribution in [0.1, 0.15) is 36.8 Å². The number of anilines is 1. The molecule has 4 nitrogen and oxygen atoms in total. The molecule has 2 N–H and O–H groups in total. The lowest BCUT2D eigenvalue weighted by atomic mass is 9.80. The van der Waals surface area contributed by atoms with Crippen LogP contribution in [-0.4, -0.2) is 18.4 Å². The number of carbonyl (C=O) groups is 2. The van der Waals surface area contributed by atoms with Gasteiger partial charge in [0.05, 0.1) is 11.3 Å². The largest absolute Gasteiger partial charge is 0.418 e. The minimum atomic E-state index is -4.62. The predicted octanol–water partition coefficient (Wildman–Crippen LogP) is 4.33. The highest BCUT2D eigenvalue weighted by atomic mass is 32.1. The number of benzene rings is 1. The molecule has 144 valence electrons. The van der Waals surface area contributed by atoms with E-state index in [2.05, 4.69) is 10.6 Å². The first-order valence-corrected chi connectivity index (χ1v) is 9.54. The van der Waals surface area contributed by atoms with Gasteiger partial charge in [0, 0.05) is 12.0 Å². The number of alkyl halides is 3. The molecule has 1 aromatic heterocycles. The Bertz CT molecular complexity index is 813. The van der Waals surface area contributed by atoms with Gasteiger partial charge < -0.3 is 10.6 Å². The van der Waals surface area contributed by atoms with Gasteiger partial charge in [-0.2, -0.15) is 24.5 Å². The van der Waals surface area contributed by atoms with E-state index in [0.717, 1.165) is 43.4 Å². The smallest absolute Gasteiger partial charge is 0.347 e. The molecule has 0 unspecified atom stereocenters. The first-order valence-electron chi connectivity index (χ1n) is 8.60. The molecule has 0 saturated heterocycles. The molecule has 1 aromatic carbocycles. The predicted molar refractivity (Wildman–Crippen MR) is 97.5 cm³/mol. The SMILES string of the molecule is O=C(NCC1(c2ccsc2)CCCC1)C(=O)Nc1ccccc1C(F)(F)F. The minimum absolute atomic E-state index is 0.209. The number of para-hydroxylation sites is 1. The average Bonchev–Trinajstić information content (AvgIpc) is 3.31. The van der Waals surface area contributed by atoms with Crippen molar-refractivity contribution in [1.29, 1.82) is 0 Å². The van der Waals surface area contributed by atoms with Crippen molar-refractivity contribution in [2.75, 3.05) is 11.9 Å². The van der Waals surface area contributed by atoms with E-state index >= 15 is 0 Å². The topological polar surface area (TPSA) is 58.2 Å². The summed E-state index contributed by atoms with van der Waals surface area (Å²) in [5.74, 6) is -2.04. The summed E-state index contributed by atoms with van der Waals surface area (Å²) >= 11 is 1.57. The summed E-state index contributed by atoms with van der Waals surface area (Å²) in [5, 5.41) is 8.68. The van der Waals surface area contributed by atoms with E-state index < -0.39 is 29.2 Å². The molecule has 2 aromatic rings. The maximum Gasteiger partial charge on any atom is 0.418 e. The van der Waals surface area contributed by atoms with Crippen LogP contribution in [0.15, 0.2) is 41.1 Å². The molecule has 0 atom stereocenters. The van der Waals surface area contributed by atoms with Crippen LogP contribution in [0.5, 0.6) is 0 Å². The number of hydrogen-bond donors (Lipinski definition) is 2. The van der Waals surface area contributed by atoms with Crippen LogP contribution < -0.4 is 10.6 Å². The molecule has 27 heavy (non-hydrogen) atoms. The Morgan fingerprint density at radius 2 is 1.78 bits per heavy atom. The Morgan fingerprint density at radius 3 is 2.41 bits per heavy atom. The highest BCUT2D eigenvalue weighted by Gasteiger charge is 2.37. The fraction of sp³-hybridized carbons (Fsp3) is 0.368. The maximum atomic E-state index is 13.0. The molecule has 0 bridgehead atoms. The van der Waals surface area contributed by atoms with Gasteiger partial charge in [0.1, 0.15) is 0 Å². The van der Waals surface area contributed by atoms with Gasteiger partial charge in [-0.05, 0) is 47.4 Å². The quantitative estimate of drug-likeness (QED) is 0.756. The third kappa shape index (κ3) is 4.32. The van der Waals surface area contributed by atoms with Gasteiger partial charge in [0.25, 0.3) is 0 Å². The molecular weight excluding hydrogens is 377 g/mol. The van der Waals surface area contributed by atoms with E-state index in [4.69, 9.17) is 0 Å². The van der Waals surface area contributed by atoms with Crippen LogP contribution in [0.4, 0.5) is 18.9 Å². The second-order valence-corrected chi connectivity index (χ2v) is 7.46. The van der Waals surface area contributed by atoms with E-state index in [9.17, 15) is 22.8 Å². The summed E-state index contributed by atoms with van der Waals surface area (Å²) in [6.45, 7) is 0.289. The summed E-state index contributed by atoms with van der Waals surface area (Å²) in [7, 11) is 0. The van der Waals surface area contributed by atoms with Crippen molar-refractivity contribution < 1.29 is 22.8 Å². The zero-order chi connectivity index (χ0) is 19.5. The lowest BCUT2D eigenvalue weighted by Gasteiger charge is -2.28. The third-order valence-electron chi connectivity index (χ3n) is 4.97. The zero-order valence-corrected chi connectivity index (χ0v) is 15.3. The molecule has 1 aliphatic carbocycles. The Hall–Kier alpha value is -2.35. The summed E-state index contributed by atoms with van der Waals surface area (Å²) in [4.78, 5) is 24.3. The van der Waals surface area contributed by atoms with Crippen LogP contribution in [-0.2, 0) is 21.2 Å². The van der Waals surface area contributed by atoms with Crippen molar-refractivity contribution in [3.05, 3.63) is 52.2 Å². The highest BCUT2D eigenvalue weighted by molar-refractivity contribution is 7.08. The van der Waals surface area contributed by atoms with Crippen molar-refractivity contribution >= 4 is 28.8 Å². The van der Waals surface area contributed by atoms with Crippen molar-refractivity contribution in [2.24, 2.45) is 0 Å². The number of carbonyl (C=O) groups excluding carboxylic acids is 2. The first kappa shape index (κ1) is 19.4. The van der Waals surface area contributed by atoms with Crippen molar-refractivity contribution in [2.45, 2.75) is 37.3 Å². The molecule has 1 heterocycles. The number of hydrogen-bond acceptors (Lipinski definition) is 3. The van der Waals surface area contributed by atoms with Gasteiger partial charge in [0.2, 0.25) is 0 Å². The zero-order valence-electron chi connectivity index (χ0n) is 14.4. The summed E-state index contributed by atoms with van der Waals surface area (Å²) < 4.78 is 39.0. The standard InChI is InChI=1S/C19H19F3N2O2S/c20-19(21,22)14-5-1-2-6-15(14)24-17(26)16(25)23-12-18(8-3-4-9-18)13-7-10-27-11-13/h1-2,5-7,10-11H,3-4,8-9,12H2,(H,23,25)(H,24,26). The number of nitrogens with one attached hydrogen (secondary N) is 2. The Morgan fingerprint density at radius 1 is 1.07 bits per heavy atom. The van der Waals surface area contributed by atoms with Crippen LogP contribution in [0, 0.1) is 0 Å². The van der Waals surface area contributed by atoms with E-state index in [1.807, 2.05) is 16.8 Å². The van der Waals surface area contributed by atoms with E-state index in [1.54, 1.807) is 11.3 Å². The molecule has 1 aliphatic rings. The second-order valence-electron chi connectivity index (χ2n) is 6.68. The molecule has 3 rings (SSSR count). The molecule has 1 fully saturated rings. The summed E-state index contributed by atoms with van der Waals surface area (Å²) in [6.07, 6.45) is -0.730. The van der Waals surface area contributed by atoms with Crippen LogP contribution in [0.3, 0.4) is 0 Å². The monoisotopic (exact) mass is 396 g/mol. The molecule has 1 saturated carbocycles. The van der Waals surface area contributed by atoms with Gasteiger partial charge in [-0.25, -0.2) is 0 Å². The summed E-state index contributed by atoms with van der Waals surface area (Å²) in [5.41, 5.74) is -0.497. The molecular formula is C19H19F3N2O2S. The van der Waals surface area contributed by atoms with Gasteiger partial charge in [-0.3, -0.25) is 9.59 Å². The van der Waals surface area contributed by atoms with Crippen molar-refractivity contribution in [1.82, 2.24) is 5.32 Å². The fourth-order valence-electron chi connectivity index (χ4n) is 3.53. The number of amides is 2. The van der Waals surface area contributed by atoms with E-state index in [0.29, 0.717) is 0 Å². The van der Waals surface area contributed by atoms with Gasteiger partial charge in [-0.15, -0.1) is 0 Å². The first-order chi connectivity index (χ1) is 12.8. The summed E-state index contributed by atoms with van der Waals surface area (Å²) in [6, 6.07) is 6.59. The second kappa shape index (κ2) is 7.72. The van der Waals surface area contributed by atoms with Crippen LogP contribution in [0.25, 0.3) is 0 Å². The van der Waals surface area contributed by atoms with Gasteiger partial charge in [0.15, 0.2) is 0 Å². The number of halogens is 3. The lowest BCUT2D eigenvalue weighted by molar-refractivity contribution is -0.138. The highest BCUT2D eigenvalue weighted by Crippen LogP contribution is 2.41. The van der Waals surface area contributed by atoms with Crippen molar-refractivity contribution in [3.63, 3.8) is 0 Å². The third-order valence-corrected chi connectivity index (χ3v) is 5.65. The Kier molecular flexibility index (Phi) is 5.55. The Balaban J connectivity index is 1.66. The van der Waals surface area contributed by atoms with Crippen LogP contribution in [0.2, 0.25) is 0 Å². The number of thiophene rings is 1. The van der Waals surface area contributed by atoms with Gasteiger partial charge >= 0.3 is 18.0 Å². The fourth-order valence-corrected chi connectivity index (χ4v) is 4.31. The average molecular weight is 396 g/mol. The normalized spacial score (nSPS) is 16.1. The lowest BCUT2D eigenvalue weighted by Crippen LogP contribution is -2.43. The van der Waals surface area contributed by atoms with E-state index in [1.165, 1.54) is 12.1 Å². The molecule has 0 aliphatic heterocycles. The number of rotatable bonds is 4. The molecule has 0 radical (unpaired) electrons. The minimum Gasteiger partial charge on any atom is -0.347 e. The molecule has 2 amide bonds. The van der Waals surface area contributed by atoms with Crippen LogP contribution >= 0.6 is 11.3 Å². The Labute approximate surface area is 158 Å².